The molecule has 6 nitrogen and oxygen atoms in total. The summed E-state index contributed by atoms with van der Waals surface area (Å²) in [6, 6.07) is 14.4. The van der Waals surface area contributed by atoms with Crippen molar-refractivity contribution in [3.05, 3.63) is 65.4 Å². The maximum absolute atomic E-state index is 13.4. The maximum atomic E-state index is 13.4. The highest BCUT2D eigenvalue weighted by Crippen LogP contribution is 2.34. The molecule has 0 bridgehead atoms. The maximum Gasteiger partial charge on any atom is 0.490 e. The first-order chi connectivity index (χ1) is 15.6. The molecule has 2 aromatic carbocycles. The molecule has 1 aliphatic heterocycles. The summed E-state index contributed by atoms with van der Waals surface area (Å²) in [4.78, 5) is 24.3. The van der Waals surface area contributed by atoms with E-state index in [0.717, 1.165) is 47.1 Å². The zero-order valence-electron chi connectivity index (χ0n) is 18.4. The Hall–Kier alpha value is -3.33. The summed E-state index contributed by atoms with van der Waals surface area (Å²) in [5.41, 5.74) is 11.6. The lowest BCUT2D eigenvalue weighted by molar-refractivity contribution is -0.192. The SMILES string of the molecule is CC(C(=O)N1CCCc2c(CN)cccc21)c1cn(C)c2ccccc12.O=C(O)C(F)(F)F. The van der Waals surface area contributed by atoms with Crippen LogP contribution in [0.15, 0.2) is 48.7 Å². The minimum absolute atomic E-state index is 0.163. The number of benzene rings is 2. The predicted molar refractivity (Wildman–Crippen MR) is 120 cm³/mol. The van der Waals surface area contributed by atoms with Gasteiger partial charge in [0, 0.05) is 42.9 Å². The van der Waals surface area contributed by atoms with Crippen molar-refractivity contribution in [2.75, 3.05) is 11.4 Å². The van der Waals surface area contributed by atoms with Gasteiger partial charge < -0.3 is 20.3 Å². The highest BCUT2D eigenvalue weighted by Gasteiger charge is 2.38. The Morgan fingerprint density at radius 3 is 2.45 bits per heavy atom. The van der Waals surface area contributed by atoms with Crippen molar-refractivity contribution in [3.8, 4) is 0 Å². The van der Waals surface area contributed by atoms with E-state index in [-0.39, 0.29) is 11.8 Å². The van der Waals surface area contributed by atoms with Gasteiger partial charge in [0.25, 0.3) is 0 Å². The normalized spacial score (nSPS) is 14.3. The second-order valence-corrected chi connectivity index (χ2v) is 7.95. The Bertz CT molecular complexity index is 1170. The fraction of sp³-hybridized carbons (Fsp3) is 0.333. The number of amides is 1. The molecule has 1 aliphatic rings. The van der Waals surface area contributed by atoms with Crippen molar-refractivity contribution in [2.45, 2.75) is 38.4 Å². The molecule has 0 saturated heterocycles. The van der Waals surface area contributed by atoms with E-state index in [0.29, 0.717) is 6.54 Å². The zero-order valence-corrected chi connectivity index (χ0v) is 18.4. The largest absolute Gasteiger partial charge is 0.490 e. The van der Waals surface area contributed by atoms with Gasteiger partial charge in [-0.15, -0.1) is 0 Å². The summed E-state index contributed by atoms with van der Waals surface area (Å²) in [6.45, 7) is 3.31. The van der Waals surface area contributed by atoms with Gasteiger partial charge in [0.1, 0.15) is 0 Å². The lowest BCUT2D eigenvalue weighted by Gasteiger charge is -2.32. The first kappa shape index (κ1) is 24.3. The topological polar surface area (TPSA) is 88.6 Å². The molecule has 1 unspecified atom stereocenters. The number of halogens is 3. The summed E-state index contributed by atoms with van der Waals surface area (Å²) in [5.74, 6) is -2.78. The quantitative estimate of drug-likeness (QED) is 0.607. The number of hydrogen-bond donors (Lipinski definition) is 2. The number of aliphatic carboxylic acids is 1. The van der Waals surface area contributed by atoms with Crippen LogP contribution in [-0.2, 0) is 29.6 Å². The van der Waals surface area contributed by atoms with Gasteiger partial charge in [0.05, 0.1) is 5.92 Å². The smallest absolute Gasteiger partial charge is 0.475 e. The number of aryl methyl sites for hydroxylation is 1. The lowest BCUT2D eigenvalue weighted by atomic mass is 9.93. The van der Waals surface area contributed by atoms with Crippen molar-refractivity contribution >= 4 is 28.5 Å². The average molecular weight is 461 g/mol. The van der Waals surface area contributed by atoms with Crippen LogP contribution < -0.4 is 10.6 Å². The fourth-order valence-electron chi connectivity index (χ4n) is 4.20. The van der Waals surface area contributed by atoms with Crippen LogP contribution in [0.25, 0.3) is 10.9 Å². The number of nitrogens with two attached hydrogens (primary N) is 1. The Balaban J connectivity index is 0.000000383. The van der Waals surface area contributed by atoms with E-state index in [9.17, 15) is 18.0 Å². The van der Waals surface area contributed by atoms with E-state index in [1.807, 2.05) is 37.1 Å². The number of carboxylic acid groups (broad SMARTS) is 1. The first-order valence-corrected chi connectivity index (χ1v) is 10.5. The number of alkyl halides is 3. The molecule has 33 heavy (non-hydrogen) atoms. The van der Waals surface area contributed by atoms with E-state index in [1.165, 1.54) is 5.56 Å². The van der Waals surface area contributed by atoms with E-state index < -0.39 is 12.1 Å². The van der Waals surface area contributed by atoms with Gasteiger partial charge in [-0.3, -0.25) is 4.79 Å². The Labute approximate surface area is 189 Å². The third-order valence-corrected chi connectivity index (χ3v) is 5.84. The summed E-state index contributed by atoms with van der Waals surface area (Å²) < 4.78 is 33.8. The minimum atomic E-state index is -5.08. The number of aromatic nitrogens is 1. The number of rotatable bonds is 3. The molecular weight excluding hydrogens is 435 g/mol. The number of fused-ring (bicyclic) bond motifs is 2. The molecule has 1 amide bonds. The van der Waals surface area contributed by atoms with E-state index >= 15 is 0 Å². The van der Waals surface area contributed by atoms with Gasteiger partial charge in [-0.25, -0.2) is 4.79 Å². The van der Waals surface area contributed by atoms with Gasteiger partial charge >= 0.3 is 12.1 Å². The van der Waals surface area contributed by atoms with Crippen molar-refractivity contribution in [2.24, 2.45) is 12.8 Å². The highest BCUT2D eigenvalue weighted by atomic mass is 19.4. The molecular formula is C24H26F3N3O3. The predicted octanol–water partition coefficient (Wildman–Crippen LogP) is 4.35. The minimum Gasteiger partial charge on any atom is -0.475 e. The van der Waals surface area contributed by atoms with Crippen LogP contribution >= 0.6 is 0 Å². The number of nitrogens with zero attached hydrogens (tertiary/aromatic N) is 2. The van der Waals surface area contributed by atoms with Gasteiger partial charge in [-0.1, -0.05) is 30.3 Å². The molecule has 0 fully saturated rings. The van der Waals surface area contributed by atoms with Crippen LogP contribution in [0.4, 0.5) is 18.9 Å². The Morgan fingerprint density at radius 2 is 1.82 bits per heavy atom. The van der Waals surface area contributed by atoms with Crippen LogP contribution in [0.1, 0.15) is 36.0 Å². The third-order valence-electron chi connectivity index (χ3n) is 5.84. The molecule has 4 rings (SSSR count). The Kier molecular flexibility index (Phi) is 7.12. The molecule has 0 radical (unpaired) electrons. The van der Waals surface area contributed by atoms with Crippen LogP contribution in [-0.4, -0.2) is 34.3 Å². The number of carboxylic acids is 1. The van der Waals surface area contributed by atoms with Gasteiger partial charge in [0.2, 0.25) is 5.91 Å². The van der Waals surface area contributed by atoms with Crippen molar-refractivity contribution < 1.29 is 27.9 Å². The van der Waals surface area contributed by atoms with E-state index in [4.69, 9.17) is 15.6 Å². The first-order valence-electron chi connectivity index (χ1n) is 10.5. The summed E-state index contributed by atoms with van der Waals surface area (Å²) in [7, 11) is 2.03. The summed E-state index contributed by atoms with van der Waals surface area (Å²) in [6.07, 6.45) is -1.01. The van der Waals surface area contributed by atoms with E-state index in [1.54, 1.807) is 0 Å². The van der Waals surface area contributed by atoms with Crippen LogP contribution in [0.3, 0.4) is 0 Å². The Morgan fingerprint density at radius 1 is 1.15 bits per heavy atom. The molecule has 0 saturated carbocycles. The highest BCUT2D eigenvalue weighted by molar-refractivity contribution is 6.01. The average Bonchev–Trinajstić information content (AvgIpc) is 3.13. The summed E-state index contributed by atoms with van der Waals surface area (Å²) >= 11 is 0. The van der Waals surface area contributed by atoms with E-state index in [2.05, 4.69) is 35.0 Å². The fourth-order valence-corrected chi connectivity index (χ4v) is 4.20. The molecule has 1 aromatic heterocycles. The molecule has 0 aliphatic carbocycles. The number of para-hydroxylation sites is 1. The van der Waals surface area contributed by atoms with Gasteiger partial charge in [-0.05, 0) is 48.6 Å². The second kappa shape index (κ2) is 9.66. The van der Waals surface area contributed by atoms with Crippen LogP contribution in [0.2, 0.25) is 0 Å². The second-order valence-electron chi connectivity index (χ2n) is 7.95. The monoisotopic (exact) mass is 461 g/mol. The standard InChI is InChI=1S/C22H25N3O.C2HF3O2/c1-15(19-14-24(2)20-10-4-3-8-18(19)20)22(26)25-12-6-9-17-16(13-23)7-5-11-21(17)25;3-2(4,5)1(6)7/h3-5,7-8,10-11,14-15H,6,9,12-13,23H2,1-2H3;(H,6,7). The molecule has 1 atom stereocenters. The van der Waals surface area contributed by atoms with Crippen molar-refractivity contribution in [1.82, 2.24) is 4.57 Å². The third kappa shape index (κ3) is 5.03. The van der Waals surface area contributed by atoms with Gasteiger partial charge in [0.15, 0.2) is 0 Å². The molecule has 2 heterocycles. The molecule has 3 N–H and O–H groups in total. The number of carbonyl (C=O) groups excluding carboxylic acids is 1. The number of hydrogen-bond acceptors (Lipinski definition) is 3. The molecule has 176 valence electrons. The molecule has 3 aromatic rings. The van der Waals surface area contributed by atoms with Crippen LogP contribution in [0, 0.1) is 0 Å². The number of anilines is 1. The molecule has 9 heteroatoms. The summed E-state index contributed by atoms with van der Waals surface area (Å²) in [5, 5.41) is 8.28. The zero-order chi connectivity index (χ0) is 24.3. The lowest BCUT2D eigenvalue weighted by Crippen LogP contribution is -2.38. The van der Waals surface area contributed by atoms with Gasteiger partial charge in [-0.2, -0.15) is 13.2 Å². The van der Waals surface area contributed by atoms with Crippen molar-refractivity contribution in [1.29, 1.82) is 0 Å². The van der Waals surface area contributed by atoms with Crippen molar-refractivity contribution in [3.63, 3.8) is 0 Å². The number of carbonyl (C=O) groups is 2. The van der Waals surface area contributed by atoms with Crippen LogP contribution in [0.5, 0.6) is 0 Å². The molecule has 0 spiro atoms.